The molecule has 0 aromatic rings. The van der Waals surface area contributed by atoms with Gasteiger partial charge in [0, 0.05) is 11.8 Å². The number of hydrogen-bond acceptors (Lipinski definition) is 2. The van der Waals surface area contributed by atoms with Gasteiger partial charge >= 0.3 is 0 Å². The third kappa shape index (κ3) is 2.60. The van der Waals surface area contributed by atoms with Crippen LogP contribution in [0.1, 0.15) is 47.0 Å². The van der Waals surface area contributed by atoms with Crippen molar-refractivity contribution in [1.29, 1.82) is 0 Å². The summed E-state index contributed by atoms with van der Waals surface area (Å²) in [6, 6.07) is 0. The highest BCUT2D eigenvalue weighted by Crippen LogP contribution is 2.36. The van der Waals surface area contributed by atoms with Crippen molar-refractivity contribution in [2.75, 3.05) is 0 Å². The molecule has 88 valence electrons. The Labute approximate surface area is 93.1 Å². The molecule has 0 heterocycles. The van der Waals surface area contributed by atoms with Gasteiger partial charge in [-0.2, -0.15) is 0 Å². The molecule has 4 atom stereocenters. The van der Waals surface area contributed by atoms with E-state index in [4.69, 9.17) is 0 Å². The lowest BCUT2D eigenvalue weighted by molar-refractivity contribution is -0.138. The van der Waals surface area contributed by atoms with E-state index in [9.17, 15) is 9.90 Å². The molecule has 1 saturated carbocycles. The van der Waals surface area contributed by atoms with Crippen LogP contribution < -0.4 is 0 Å². The fraction of sp³-hybridized carbons (Fsp3) is 0.923. The molecule has 0 aromatic heterocycles. The van der Waals surface area contributed by atoms with Crippen LogP contribution in [0.5, 0.6) is 0 Å². The first kappa shape index (κ1) is 12.7. The maximum atomic E-state index is 12.2. The van der Waals surface area contributed by atoms with Crippen LogP contribution >= 0.6 is 0 Å². The maximum absolute atomic E-state index is 12.2. The Morgan fingerprint density at radius 1 is 1.40 bits per heavy atom. The Bertz CT molecular complexity index is 219. The zero-order chi connectivity index (χ0) is 11.6. The Hall–Kier alpha value is -0.370. The van der Waals surface area contributed by atoms with E-state index in [2.05, 4.69) is 20.8 Å². The van der Waals surface area contributed by atoms with Crippen molar-refractivity contribution >= 4 is 5.78 Å². The second-order valence-corrected chi connectivity index (χ2v) is 5.31. The number of carbonyl (C=O) groups excluding carboxylic acids is 1. The topological polar surface area (TPSA) is 37.3 Å². The van der Waals surface area contributed by atoms with E-state index in [0.29, 0.717) is 24.0 Å². The van der Waals surface area contributed by atoms with Gasteiger partial charge in [-0.1, -0.05) is 27.7 Å². The van der Waals surface area contributed by atoms with Gasteiger partial charge in [0.05, 0.1) is 6.10 Å². The number of Topliss-reactive ketones (excluding diaryl/α,β-unsaturated/α-hetero) is 1. The number of hydrogen-bond donors (Lipinski definition) is 1. The van der Waals surface area contributed by atoms with Gasteiger partial charge in [-0.3, -0.25) is 4.79 Å². The normalized spacial score (nSPS) is 34.5. The highest BCUT2D eigenvalue weighted by molar-refractivity contribution is 5.85. The van der Waals surface area contributed by atoms with Gasteiger partial charge in [-0.15, -0.1) is 0 Å². The lowest BCUT2D eigenvalue weighted by Crippen LogP contribution is -2.42. The molecule has 1 aliphatic carbocycles. The van der Waals surface area contributed by atoms with Gasteiger partial charge in [-0.05, 0) is 31.1 Å². The number of aliphatic hydroxyl groups excluding tert-OH is 1. The molecular weight excluding hydrogens is 188 g/mol. The van der Waals surface area contributed by atoms with Crippen LogP contribution in [0.3, 0.4) is 0 Å². The molecule has 1 rings (SSSR count). The third-order valence-electron chi connectivity index (χ3n) is 3.88. The van der Waals surface area contributed by atoms with Crippen molar-refractivity contribution in [3.63, 3.8) is 0 Å². The van der Waals surface area contributed by atoms with Crippen LogP contribution in [0.2, 0.25) is 0 Å². The predicted molar refractivity (Wildman–Crippen MR) is 61.5 cm³/mol. The Kier molecular flexibility index (Phi) is 4.32. The first-order valence-corrected chi connectivity index (χ1v) is 6.20. The fourth-order valence-corrected chi connectivity index (χ4v) is 2.78. The van der Waals surface area contributed by atoms with E-state index in [0.717, 1.165) is 12.8 Å². The van der Waals surface area contributed by atoms with Gasteiger partial charge in [-0.25, -0.2) is 0 Å². The summed E-state index contributed by atoms with van der Waals surface area (Å²) in [7, 11) is 0. The highest BCUT2D eigenvalue weighted by Gasteiger charge is 2.40. The minimum Gasteiger partial charge on any atom is -0.392 e. The summed E-state index contributed by atoms with van der Waals surface area (Å²) in [5.41, 5.74) is 0. The Morgan fingerprint density at radius 3 is 2.47 bits per heavy atom. The molecule has 0 aliphatic heterocycles. The van der Waals surface area contributed by atoms with E-state index in [1.807, 2.05) is 6.92 Å². The fourth-order valence-electron chi connectivity index (χ4n) is 2.78. The number of aliphatic hydroxyl groups is 1. The predicted octanol–water partition coefficient (Wildman–Crippen LogP) is 2.64. The summed E-state index contributed by atoms with van der Waals surface area (Å²) in [6.45, 7) is 8.25. The summed E-state index contributed by atoms with van der Waals surface area (Å²) >= 11 is 0. The van der Waals surface area contributed by atoms with E-state index < -0.39 is 6.10 Å². The van der Waals surface area contributed by atoms with Gasteiger partial charge < -0.3 is 5.11 Å². The quantitative estimate of drug-likeness (QED) is 0.781. The lowest BCUT2D eigenvalue weighted by atomic mass is 9.68. The molecule has 0 bridgehead atoms. The summed E-state index contributed by atoms with van der Waals surface area (Å²) < 4.78 is 0. The lowest BCUT2D eigenvalue weighted by Gasteiger charge is -2.37. The smallest absolute Gasteiger partial charge is 0.142 e. The zero-order valence-electron chi connectivity index (χ0n) is 10.4. The highest BCUT2D eigenvalue weighted by atomic mass is 16.3. The summed E-state index contributed by atoms with van der Waals surface area (Å²) in [6.07, 6.45) is 2.33. The van der Waals surface area contributed by atoms with E-state index >= 15 is 0 Å². The number of rotatable bonds is 3. The molecule has 1 aliphatic rings. The van der Waals surface area contributed by atoms with E-state index in [1.165, 1.54) is 0 Å². The van der Waals surface area contributed by atoms with Crippen molar-refractivity contribution in [2.45, 2.75) is 53.1 Å². The van der Waals surface area contributed by atoms with Crippen molar-refractivity contribution in [3.8, 4) is 0 Å². The van der Waals surface area contributed by atoms with Crippen LogP contribution in [-0.2, 0) is 4.79 Å². The van der Waals surface area contributed by atoms with Crippen molar-refractivity contribution in [1.82, 2.24) is 0 Å². The molecule has 0 radical (unpaired) electrons. The first-order chi connectivity index (χ1) is 6.99. The van der Waals surface area contributed by atoms with Crippen LogP contribution in [0.15, 0.2) is 0 Å². The summed E-state index contributed by atoms with van der Waals surface area (Å²) in [4.78, 5) is 12.2. The summed E-state index contributed by atoms with van der Waals surface area (Å²) in [5, 5.41) is 9.90. The van der Waals surface area contributed by atoms with Gasteiger partial charge in [0.25, 0.3) is 0 Å². The molecule has 0 saturated heterocycles. The monoisotopic (exact) mass is 212 g/mol. The largest absolute Gasteiger partial charge is 0.392 e. The average Bonchev–Trinajstić information content (AvgIpc) is 2.16. The van der Waals surface area contributed by atoms with Gasteiger partial charge in [0.1, 0.15) is 5.78 Å². The molecule has 0 unspecified atom stereocenters. The minimum absolute atomic E-state index is 0.115. The van der Waals surface area contributed by atoms with Crippen LogP contribution in [-0.4, -0.2) is 17.0 Å². The maximum Gasteiger partial charge on any atom is 0.142 e. The molecule has 0 spiro atoms. The Morgan fingerprint density at radius 2 is 2.00 bits per heavy atom. The van der Waals surface area contributed by atoms with Crippen molar-refractivity contribution in [3.05, 3.63) is 0 Å². The molecule has 0 amide bonds. The van der Waals surface area contributed by atoms with E-state index in [-0.39, 0.29) is 11.8 Å². The molecule has 15 heavy (non-hydrogen) atoms. The number of carbonyl (C=O) groups is 1. The molecule has 1 fully saturated rings. The Balaban J connectivity index is 2.78. The second-order valence-electron chi connectivity index (χ2n) is 5.31. The van der Waals surface area contributed by atoms with Crippen LogP contribution in [0, 0.1) is 23.7 Å². The molecule has 1 N–H and O–H groups in total. The van der Waals surface area contributed by atoms with Crippen molar-refractivity contribution < 1.29 is 9.90 Å². The van der Waals surface area contributed by atoms with Crippen molar-refractivity contribution in [2.24, 2.45) is 23.7 Å². The number of ketones is 1. The van der Waals surface area contributed by atoms with Gasteiger partial charge in [0.15, 0.2) is 0 Å². The standard InChI is InChI=1S/C13H24O2/c1-5-11(14)12-9(4)6-7-10(8(2)3)13(12)15/h8-12,14H,5-7H2,1-4H3/t9-,10-,11+,12-/m1/s1. The average molecular weight is 212 g/mol. The van der Waals surface area contributed by atoms with E-state index in [1.54, 1.807) is 0 Å². The van der Waals surface area contributed by atoms with Crippen LogP contribution in [0.4, 0.5) is 0 Å². The minimum atomic E-state index is -0.436. The SMILES string of the molecule is CC[C@H](O)[C@@H]1C(=O)[C@@H](C(C)C)CC[C@H]1C. The molecule has 2 nitrogen and oxygen atoms in total. The second kappa shape index (κ2) is 5.11. The summed E-state index contributed by atoms with van der Waals surface area (Å²) in [5.74, 6) is 1.13. The first-order valence-electron chi connectivity index (χ1n) is 6.20. The molecule has 0 aromatic carbocycles. The van der Waals surface area contributed by atoms with Crippen LogP contribution in [0.25, 0.3) is 0 Å². The molecular formula is C13H24O2. The molecule has 2 heteroatoms. The van der Waals surface area contributed by atoms with Gasteiger partial charge in [0.2, 0.25) is 0 Å². The third-order valence-corrected chi connectivity index (χ3v) is 3.88. The zero-order valence-corrected chi connectivity index (χ0v) is 10.4.